The summed E-state index contributed by atoms with van der Waals surface area (Å²) in [5.74, 6) is 1.01. The van der Waals surface area contributed by atoms with Crippen molar-refractivity contribution >= 4 is 16.0 Å². The Morgan fingerprint density at radius 2 is 1.83 bits per heavy atom. The zero-order valence-corrected chi connectivity index (χ0v) is 15.0. The summed E-state index contributed by atoms with van der Waals surface area (Å²) in [5.41, 5.74) is 6.02. The van der Waals surface area contributed by atoms with Crippen LogP contribution in [0, 0.1) is 5.92 Å². The van der Waals surface area contributed by atoms with E-state index < -0.39 is 10.0 Å². The third-order valence-electron chi connectivity index (χ3n) is 4.92. The zero-order valence-electron chi connectivity index (χ0n) is 14.1. The summed E-state index contributed by atoms with van der Waals surface area (Å²) in [6.45, 7) is 1.79. The number of nitrogens with two attached hydrogens (primary N) is 1. The van der Waals surface area contributed by atoms with Crippen LogP contribution >= 0.6 is 0 Å². The first-order valence-corrected chi connectivity index (χ1v) is 10.0. The fourth-order valence-corrected chi connectivity index (χ4v) is 4.55. The average molecular weight is 350 g/mol. The van der Waals surface area contributed by atoms with Gasteiger partial charge in [0.15, 0.2) is 5.96 Å². The van der Waals surface area contributed by atoms with Crippen molar-refractivity contribution in [3.63, 3.8) is 0 Å². The first kappa shape index (κ1) is 17.2. The molecular formula is C17H26N4O2S. The largest absolute Gasteiger partial charge is 0.370 e. The fraction of sp³-hybridized carbons (Fsp3) is 0.588. The molecule has 1 aliphatic carbocycles. The van der Waals surface area contributed by atoms with Gasteiger partial charge >= 0.3 is 0 Å². The topological polar surface area (TPSA) is 79.0 Å². The Labute approximate surface area is 144 Å². The van der Waals surface area contributed by atoms with Crippen molar-refractivity contribution in [1.82, 2.24) is 9.21 Å². The maximum absolute atomic E-state index is 12.6. The highest BCUT2D eigenvalue weighted by Gasteiger charge is 2.30. The Kier molecular flexibility index (Phi) is 5.10. The fourth-order valence-electron chi connectivity index (χ4n) is 3.06. The third kappa shape index (κ3) is 3.89. The van der Waals surface area contributed by atoms with Crippen molar-refractivity contribution in [2.45, 2.75) is 36.6 Å². The molecule has 0 aromatic heterocycles. The molecule has 2 N–H and O–H groups in total. The van der Waals surface area contributed by atoms with Gasteiger partial charge in [0, 0.05) is 32.7 Å². The van der Waals surface area contributed by atoms with E-state index in [-0.39, 0.29) is 0 Å². The highest BCUT2D eigenvalue weighted by molar-refractivity contribution is 7.89. The second-order valence-electron chi connectivity index (χ2n) is 6.70. The first-order valence-electron chi connectivity index (χ1n) is 8.56. The van der Waals surface area contributed by atoms with Crippen LogP contribution in [0.4, 0.5) is 0 Å². The van der Waals surface area contributed by atoms with Crippen molar-refractivity contribution in [3.05, 3.63) is 30.3 Å². The van der Waals surface area contributed by atoms with E-state index in [9.17, 15) is 8.42 Å². The predicted molar refractivity (Wildman–Crippen MR) is 95.2 cm³/mol. The van der Waals surface area contributed by atoms with Crippen LogP contribution in [0.3, 0.4) is 0 Å². The summed E-state index contributed by atoms with van der Waals surface area (Å²) in [6, 6.07) is 9.21. The zero-order chi connectivity index (χ0) is 17.2. The molecule has 24 heavy (non-hydrogen) atoms. The number of guanidine groups is 1. The normalized spacial score (nSPS) is 21.0. The van der Waals surface area contributed by atoms with Gasteiger partial charge in [-0.05, 0) is 43.7 Å². The number of hydrogen-bond acceptors (Lipinski definition) is 3. The number of sulfonamides is 1. The van der Waals surface area contributed by atoms with E-state index in [1.165, 1.54) is 12.8 Å². The molecule has 0 spiro atoms. The summed E-state index contributed by atoms with van der Waals surface area (Å²) in [6.07, 6.45) is 4.05. The molecule has 1 heterocycles. The molecule has 0 bridgehead atoms. The minimum Gasteiger partial charge on any atom is -0.370 e. The molecule has 1 aromatic rings. The molecule has 1 aromatic carbocycles. The minimum absolute atomic E-state index is 0.372. The van der Waals surface area contributed by atoms with Crippen LogP contribution in [-0.2, 0) is 10.0 Å². The minimum atomic E-state index is -3.37. The highest BCUT2D eigenvalue weighted by atomic mass is 32.2. The molecule has 6 nitrogen and oxygen atoms in total. The van der Waals surface area contributed by atoms with Crippen LogP contribution in [0.1, 0.15) is 25.7 Å². The van der Waals surface area contributed by atoms with Gasteiger partial charge in [-0.25, -0.2) is 8.42 Å². The molecule has 0 unspecified atom stereocenters. The number of rotatable bonds is 5. The predicted octanol–water partition coefficient (Wildman–Crippen LogP) is 1.50. The summed E-state index contributed by atoms with van der Waals surface area (Å²) in [4.78, 5) is 6.93. The molecular weight excluding hydrogens is 324 g/mol. The van der Waals surface area contributed by atoms with Gasteiger partial charge in [0.25, 0.3) is 0 Å². The van der Waals surface area contributed by atoms with Gasteiger partial charge in [-0.3, -0.25) is 4.99 Å². The van der Waals surface area contributed by atoms with Crippen molar-refractivity contribution in [1.29, 1.82) is 0 Å². The molecule has 2 fully saturated rings. The van der Waals surface area contributed by atoms with Gasteiger partial charge < -0.3 is 10.6 Å². The Balaban J connectivity index is 1.53. The molecule has 7 heteroatoms. The molecule has 0 radical (unpaired) electrons. The van der Waals surface area contributed by atoms with E-state index in [1.807, 2.05) is 13.1 Å². The van der Waals surface area contributed by atoms with Crippen LogP contribution in [-0.4, -0.2) is 56.3 Å². The summed E-state index contributed by atoms with van der Waals surface area (Å²) >= 11 is 0. The lowest BCUT2D eigenvalue weighted by atomic mass is 9.98. The molecule has 1 saturated carbocycles. The number of benzene rings is 1. The molecule has 2 aliphatic rings. The van der Waals surface area contributed by atoms with Gasteiger partial charge in [0.1, 0.15) is 0 Å². The second-order valence-corrected chi connectivity index (χ2v) is 8.64. The Hall–Kier alpha value is -1.60. The maximum atomic E-state index is 12.6. The highest BCUT2D eigenvalue weighted by Crippen LogP contribution is 2.26. The summed E-state index contributed by atoms with van der Waals surface area (Å²) in [5, 5.41) is 0. The van der Waals surface area contributed by atoms with Crippen LogP contribution in [0.15, 0.2) is 40.2 Å². The van der Waals surface area contributed by atoms with Crippen LogP contribution in [0.5, 0.6) is 0 Å². The number of piperidine rings is 1. The van der Waals surface area contributed by atoms with Crippen molar-refractivity contribution in [2.24, 2.45) is 16.6 Å². The number of aliphatic imine (C=N–C) groups is 1. The third-order valence-corrected chi connectivity index (χ3v) is 6.83. The standard InChI is InChI=1S/C17H26N4O2S/c1-20(15-7-8-15)17(18)19-13-14-9-11-21(12-10-14)24(22,23)16-5-3-2-4-6-16/h2-6,14-15H,7-13H2,1H3,(H2,18,19). The summed E-state index contributed by atoms with van der Waals surface area (Å²) in [7, 11) is -1.38. The lowest BCUT2D eigenvalue weighted by Gasteiger charge is -2.30. The van der Waals surface area contributed by atoms with Gasteiger partial charge in [-0.2, -0.15) is 4.31 Å². The molecule has 1 saturated heterocycles. The Morgan fingerprint density at radius 3 is 2.42 bits per heavy atom. The van der Waals surface area contributed by atoms with Gasteiger partial charge in [-0.15, -0.1) is 0 Å². The molecule has 0 atom stereocenters. The SMILES string of the molecule is CN(C(N)=NCC1CCN(S(=O)(=O)c2ccccc2)CC1)C1CC1. The van der Waals surface area contributed by atoms with E-state index in [1.54, 1.807) is 28.6 Å². The molecule has 0 amide bonds. The van der Waals surface area contributed by atoms with E-state index in [0.29, 0.717) is 42.4 Å². The number of nitrogens with zero attached hydrogens (tertiary/aromatic N) is 3. The van der Waals surface area contributed by atoms with Crippen molar-refractivity contribution in [2.75, 3.05) is 26.7 Å². The lowest BCUT2D eigenvalue weighted by Crippen LogP contribution is -2.40. The van der Waals surface area contributed by atoms with E-state index in [0.717, 1.165) is 12.8 Å². The van der Waals surface area contributed by atoms with Crippen LogP contribution in [0.25, 0.3) is 0 Å². The first-order chi connectivity index (χ1) is 11.5. The van der Waals surface area contributed by atoms with Crippen LogP contribution < -0.4 is 5.73 Å². The monoisotopic (exact) mass is 350 g/mol. The average Bonchev–Trinajstić information content (AvgIpc) is 3.45. The number of hydrogen-bond donors (Lipinski definition) is 1. The van der Waals surface area contributed by atoms with Crippen molar-refractivity contribution in [3.8, 4) is 0 Å². The van der Waals surface area contributed by atoms with Gasteiger partial charge in [-0.1, -0.05) is 18.2 Å². The summed E-state index contributed by atoms with van der Waals surface area (Å²) < 4.78 is 26.8. The second kappa shape index (κ2) is 7.11. The van der Waals surface area contributed by atoms with E-state index >= 15 is 0 Å². The quantitative estimate of drug-likeness (QED) is 0.645. The van der Waals surface area contributed by atoms with Crippen molar-refractivity contribution < 1.29 is 8.42 Å². The maximum Gasteiger partial charge on any atom is 0.243 e. The van der Waals surface area contributed by atoms with E-state index in [2.05, 4.69) is 9.89 Å². The lowest BCUT2D eigenvalue weighted by molar-refractivity contribution is 0.278. The molecule has 1 aliphatic heterocycles. The van der Waals surface area contributed by atoms with E-state index in [4.69, 9.17) is 5.73 Å². The van der Waals surface area contributed by atoms with Gasteiger partial charge in [0.05, 0.1) is 4.90 Å². The Morgan fingerprint density at radius 1 is 1.21 bits per heavy atom. The molecule has 132 valence electrons. The Bertz CT molecular complexity index is 678. The van der Waals surface area contributed by atoms with Crippen LogP contribution in [0.2, 0.25) is 0 Å². The smallest absolute Gasteiger partial charge is 0.243 e. The molecule has 3 rings (SSSR count). The van der Waals surface area contributed by atoms with Gasteiger partial charge in [0.2, 0.25) is 10.0 Å².